The standard InChI is InChI=1S/C24H28O4/c1-28-24(19-4-2-3-5-20(19)25)7-6-18(22(26)27)11-21(24)23-12-15-8-16(13-23)10-17(9-15)14-23/h2-7,11,15-18,25H,8-10,12-14H2,1H3,(H,26,27). The SMILES string of the molecule is COC1(c2ccccc2O)C=CC(C(=O)O)C=C1C12CC3CC(CC(C3)C1)C2. The van der Waals surface area contributed by atoms with Gasteiger partial charge in [0.15, 0.2) is 0 Å². The summed E-state index contributed by atoms with van der Waals surface area (Å²) in [5.74, 6) is 0.928. The zero-order chi connectivity index (χ0) is 19.5. The predicted molar refractivity (Wildman–Crippen MR) is 106 cm³/mol. The molecule has 1 aromatic rings. The van der Waals surface area contributed by atoms with Gasteiger partial charge in [0.05, 0.1) is 5.92 Å². The summed E-state index contributed by atoms with van der Waals surface area (Å²) in [6.45, 7) is 0. The number of phenolic OH excluding ortho intramolecular Hbond substituents is 1. The summed E-state index contributed by atoms with van der Waals surface area (Å²) in [6, 6.07) is 7.30. The maximum atomic E-state index is 11.8. The van der Waals surface area contributed by atoms with E-state index in [4.69, 9.17) is 4.74 Å². The van der Waals surface area contributed by atoms with Gasteiger partial charge in [0.25, 0.3) is 0 Å². The van der Waals surface area contributed by atoms with Crippen LogP contribution in [0.25, 0.3) is 0 Å². The molecule has 2 unspecified atom stereocenters. The highest BCUT2D eigenvalue weighted by Crippen LogP contribution is 2.66. The Balaban J connectivity index is 1.69. The Morgan fingerprint density at radius 3 is 2.21 bits per heavy atom. The molecule has 0 aromatic heterocycles. The van der Waals surface area contributed by atoms with Crippen molar-refractivity contribution in [1.29, 1.82) is 0 Å². The van der Waals surface area contributed by atoms with Crippen molar-refractivity contribution in [2.24, 2.45) is 29.1 Å². The molecule has 5 aliphatic rings. The Morgan fingerprint density at radius 2 is 1.68 bits per heavy atom. The zero-order valence-electron chi connectivity index (χ0n) is 16.3. The molecule has 0 saturated heterocycles. The van der Waals surface area contributed by atoms with Crippen LogP contribution >= 0.6 is 0 Å². The highest BCUT2D eigenvalue weighted by molar-refractivity contribution is 5.76. The van der Waals surface area contributed by atoms with E-state index in [1.54, 1.807) is 19.3 Å². The Bertz CT molecular complexity index is 832. The van der Waals surface area contributed by atoms with Gasteiger partial charge in [0.1, 0.15) is 11.4 Å². The third-order valence-electron chi connectivity index (χ3n) is 7.81. The van der Waals surface area contributed by atoms with Gasteiger partial charge in [0.2, 0.25) is 0 Å². The fourth-order valence-corrected chi connectivity index (χ4v) is 7.16. The molecular formula is C24H28O4. The molecule has 0 spiro atoms. The average Bonchev–Trinajstić information content (AvgIpc) is 2.66. The first-order chi connectivity index (χ1) is 13.5. The second kappa shape index (κ2) is 6.21. The summed E-state index contributed by atoms with van der Waals surface area (Å²) in [5.41, 5.74) is 0.853. The average molecular weight is 380 g/mol. The minimum absolute atomic E-state index is 0.0223. The molecule has 148 valence electrons. The number of carboxylic acid groups (broad SMARTS) is 1. The van der Waals surface area contributed by atoms with Crippen LogP contribution in [0.1, 0.15) is 44.1 Å². The van der Waals surface area contributed by atoms with Crippen LogP contribution in [0.4, 0.5) is 0 Å². The van der Waals surface area contributed by atoms with Gasteiger partial charge < -0.3 is 14.9 Å². The summed E-state index contributed by atoms with van der Waals surface area (Å²) in [6.07, 6.45) is 12.8. The Labute approximate surface area is 165 Å². The van der Waals surface area contributed by atoms with Crippen molar-refractivity contribution in [3.8, 4) is 5.75 Å². The highest BCUT2D eigenvalue weighted by atomic mass is 16.5. The van der Waals surface area contributed by atoms with E-state index >= 15 is 0 Å². The third kappa shape index (κ3) is 2.50. The van der Waals surface area contributed by atoms with Gasteiger partial charge in [-0.3, -0.25) is 4.79 Å². The first kappa shape index (κ1) is 18.0. The van der Waals surface area contributed by atoms with Crippen LogP contribution in [0, 0.1) is 29.1 Å². The number of para-hydroxylation sites is 1. The molecule has 4 heteroatoms. The predicted octanol–water partition coefficient (Wildman–Crippen LogP) is 4.65. The van der Waals surface area contributed by atoms with Crippen molar-refractivity contribution in [2.75, 3.05) is 7.11 Å². The molecule has 6 rings (SSSR count). The quantitative estimate of drug-likeness (QED) is 0.747. The molecule has 0 aliphatic heterocycles. The van der Waals surface area contributed by atoms with Gasteiger partial charge in [-0.05, 0) is 79.4 Å². The molecule has 0 amide bonds. The zero-order valence-corrected chi connectivity index (χ0v) is 16.3. The van der Waals surface area contributed by atoms with Crippen LogP contribution in [-0.2, 0) is 15.1 Å². The fraction of sp³-hybridized carbons (Fsp3) is 0.542. The Kier molecular flexibility index (Phi) is 3.99. The number of methoxy groups -OCH3 is 1. The number of rotatable bonds is 4. The van der Waals surface area contributed by atoms with Crippen LogP contribution in [0.3, 0.4) is 0 Å². The van der Waals surface area contributed by atoms with Crippen molar-refractivity contribution in [1.82, 2.24) is 0 Å². The molecule has 4 fully saturated rings. The van der Waals surface area contributed by atoms with Gasteiger partial charge in [-0.2, -0.15) is 0 Å². The van der Waals surface area contributed by atoms with E-state index < -0.39 is 17.5 Å². The second-order valence-corrected chi connectivity index (χ2v) is 9.46. The van der Waals surface area contributed by atoms with E-state index in [0.29, 0.717) is 5.56 Å². The summed E-state index contributed by atoms with van der Waals surface area (Å²) >= 11 is 0. The number of carbonyl (C=O) groups is 1. The number of carboxylic acids is 1. The maximum absolute atomic E-state index is 11.8. The van der Waals surface area contributed by atoms with Gasteiger partial charge in [-0.15, -0.1) is 0 Å². The van der Waals surface area contributed by atoms with Crippen LogP contribution in [0.2, 0.25) is 0 Å². The lowest BCUT2D eigenvalue weighted by atomic mass is 9.45. The number of benzene rings is 1. The lowest BCUT2D eigenvalue weighted by Crippen LogP contribution is -2.51. The number of aromatic hydroxyl groups is 1. The van der Waals surface area contributed by atoms with Crippen LogP contribution in [0.5, 0.6) is 5.75 Å². The van der Waals surface area contributed by atoms with E-state index in [1.165, 1.54) is 19.3 Å². The van der Waals surface area contributed by atoms with Crippen molar-refractivity contribution in [3.05, 3.63) is 53.6 Å². The van der Waals surface area contributed by atoms with E-state index in [2.05, 4.69) is 0 Å². The fourth-order valence-electron chi connectivity index (χ4n) is 7.16. The smallest absolute Gasteiger partial charge is 0.314 e. The topological polar surface area (TPSA) is 66.8 Å². The largest absolute Gasteiger partial charge is 0.508 e. The molecule has 28 heavy (non-hydrogen) atoms. The van der Waals surface area contributed by atoms with Gasteiger partial charge in [0, 0.05) is 12.7 Å². The molecule has 4 nitrogen and oxygen atoms in total. The van der Waals surface area contributed by atoms with E-state index in [9.17, 15) is 15.0 Å². The number of aliphatic carboxylic acids is 1. The molecule has 4 bridgehead atoms. The molecule has 1 aromatic carbocycles. The molecule has 2 N–H and O–H groups in total. The summed E-state index contributed by atoms with van der Waals surface area (Å²) in [5, 5.41) is 20.4. The second-order valence-electron chi connectivity index (χ2n) is 9.46. The van der Waals surface area contributed by atoms with E-state index in [-0.39, 0.29) is 11.2 Å². The van der Waals surface area contributed by atoms with Gasteiger partial charge in [-0.25, -0.2) is 0 Å². The van der Waals surface area contributed by atoms with Crippen LogP contribution in [0.15, 0.2) is 48.1 Å². The third-order valence-corrected chi connectivity index (χ3v) is 7.81. The maximum Gasteiger partial charge on any atom is 0.314 e. The normalized spacial score (nSPS) is 41.1. The highest BCUT2D eigenvalue weighted by Gasteiger charge is 2.57. The number of ether oxygens (including phenoxy) is 1. The number of hydrogen-bond acceptors (Lipinski definition) is 3. The summed E-state index contributed by atoms with van der Waals surface area (Å²) < 4.78 is 6.17. The van der Waals surface area contributed by atoms with Gasteiger partial charge in [-0.1, -0.05) is 30.4 Å². The molecule has 0 heterocycles. The molecule has 4 saturated carbocycles. The summed E-state index contributed by atoms with van der Waals surface area (Å²) in [4.78, 5) is 11.8. The van der Waals surface area contributed by atoms with Crippen LogP contribution in [-0.4, -0.2) is 23.3 Å². The first-order valence-electron chi connectivity index (χ1n) is 10.4. The Hall–Kier alpha value is -2.07. The van der Waals surface area contributed by atoms with Crippen molar-refractivity contribution in [2.45, 2.75) is 44.1 Å². The Morgan fingerprint density at radius 1 is 1.07 bits per heavy atom. The van der Waals surface area contributed by atoms with Crippen molar-refractivity contribution < 1.29 is 19.7 Å². The van der Waals surface area contributed by atoms with Crippen molar-refractivity contribution in [3.63, 3.8) is 0 Å². The molecule has 0 radical (unpaired) electrons. The van der Waals surface area contributed by atoms with E-state index in [0.717, 1.165) is 42.6 Å². The van der Waals surface area contributed by atoms with E-state index in [1.807, 2.05) is 30.4 Å². The first-order valence-corrected chi connectivity index (χ1v) is 10.4. The lowest BCUT2D eigenvalue weighted by Gasteiger charge is -2.60. The molecule has 5 aliphatic carbocycles. The molecule has 2 atom stereocenters. The number of hydrogen-bond donors (Lipinski definition) is 2. The molecular weight excluding hydrogens is 352 g/mol. The minimum Gasteiger partial charge on any atom is -0.508 e. The summed E-state index contributed by atoms with van der Waals surface area (Å²) in [7, 11) is 1.67. The monoisotopic (exact) mass is 380 g/mol. The van der Waals surface area contributed by atoms with Crippen LogP contribution < -0.4 is 0 Å². The minimum atomic E-state index is -0.900. The van der Waals surface area contributed by atoms with Gasteiger partial charge >= 0.3 is 5.97 Å². The van der Waals surface area contributed by atoms with Crippen molar-refractivity contribution >= 4 is 5.97 Å². The lowest BCUT2D eigenvalue weighted by molar-refractivity contribution is -0.138. The number of phenols is 1.